The molecule has 3 rings (SSSR count). The van der Waals surface area contributed by atoms with Gasteiger partial charge in [0.1, 0.15) is 0 Å². The Balaban J connectivity index is 1.91. The van der Waals surface area contributed by atoms with Crippen molar-refractivity contribution in [2.75, 3.05) is 0 Å². The van der Waals surface area contributed by atoms with E-state index in [0.717, 1.165) is 12.8 Å². The molecule has 0 saturated heterocycles. The second-order valence-electron chi connectivity index (χ2n) is 5.90. The van der Waals surface area contributed by atoms with Crippen LogP contribution >= 0.6 is 0 Å². The van der Waals surface area contributed by atoms with E-state index < -0.39 is 23.8 Å². The predicted molar refractivity (Wildman–Crippen MR) is 85.4 cm³/mol. The zero-order valence-corrected chi connectivity index (χ0v) is 12.5. The minimum atomic E-state index is -0.884. The molecule has 1 aliphatic carbocycles. The molecule has 1 aromatic carbocycles. The van der Waals surface area contributed by atoms with Gasteiger partial charge >= 0.3 is 5.97 Å². The Hall–Kier alpha value is -2.63. The molecule has 1 heterocycles. The number of carboxylic acid groups (broad SMARTS) is 1. The van der Waals surface area contributed by atoms with Crippen molar-refractivity contribution in [3.05, 3.63) is 46.2 Å². The molecule has 0 radical (unpaired) electrons. The number of fused-ring (bicyclic) bond motifs is 1. The summed E-state index contributed by atoms with van der Waals surface area (Å²) in [5, 5.41) is 12.8. The molecule has 0 aliphatic heterocycles. The Morgan fingerprint density at radius 1 is 1.17 bits per heavy atom. The van der Waals surface area contributed by atoms with E-state index in [1.165, 1.54) is 6.07 Å². The third kappa shape index (κ3) is 3.11. The molecule has 1 fully saturated rings. The average Bonchev–Trinajstić information content (AvgIpc) is 2.54. The van der Waals surface area contributed by atoms with Gasteiger partial charge in [0, 0.05) is 23.0 Å². The molecule has 1 saturated carbocycles. The number of carbonyl (C=O) groups is 2. The lowest BCUT2D eigenvalue weighted by molar-refractivity contribution is -0.143. The van der Waals surface area contributed by atoms with Crippen LogP contribution in [0.25, 0.3) is 10.9 Å². The molecule has 0 unspecified atom stereocenters. The largest absolute Gasteiger partial charge is 0.481 e. The lowest BCUT2D eigenvalue weighted by Gasteiger charge is -2.29. The Bertz CT molecular complexity index is 812. The van der Waals surface area contributed by atoms with Gasteiger partial charge in [-0.15, -0.1) is 0 Å². The van der Waals surface area contributed by atoms with Crippen LogP contribution in [-0.2, 0) is 4.79 Å². The summed E-state index contributed by atoms with van der Waals surface area (Å²) in [5.74, 6) is -1.85. The minimum Gasteiger partial charge on any atom is -0.481 e. The molecule has 1 aliphatic rings. The van der Waals surface area contributed by atoms with E-state index in [9.17, 15) is 19.5 Å². The van der Waals surface area contributed by atoms with Crippen molar-refractivity contribution in [2.45, 2.75) is 31.7 Å². The SMILES string of the molecule is O=C(N[C@H]1CCCC[C@H]1C(=O)O)c1cc(=O)[nH]c2ccccc12. The maximum absolute atomic E-state index is 12.6. The van der Waals surface area contributed by atoms with E-state index in [1.807, 2.05) is 0 Å². The van der Waals surface area contributed by atoms with Gasteiger partial charge in [0.05, 0.1) is 11.5 Å². The Morgan fingerprint density at radius 2 is 1.91 bits per heavy atom. The standard InChI is InChI=1S/C17H18N2O4/c20-15-9-12(10-5-1-3-7-13(10)18-15)16(21)19-14-8-4-2-6-11(14)17(22)23/h1,3,5,7,9,11,14H,2,4,6,8H2,(H,18,20)(H,19,21)(H,22,23)/t11-,14+/m1/s1. The summed E-state index contributed by atoms with van der Waals surface area (Å²) >= 11 is 0. The van der Waals surface area contributed by atoms with E-state index in [-0.39, 0.29) is 11.1 Å². The summed E-state index contributed by atoms with van der Waals surface area (Å²) in [6.07, 6.45) is 2.96. The molecule has 23 heavy (non-hydrogen) atoms. The van der Waals surface area contributed by atoms with E-state index >= 15 is 0 Å². The van der Waals surface area contributed by atoms with Crippen molar-refractivity contribution in [2.24, 2.45) is 5.92 Å². The highest BCUT2D eigenvalue weighted by Crippen LogP contribution is 2.25. The third-order valence-electron chi connectivity index (χ3n) is 4.39. The Morgan fingerprint density at radius 3 is 2.70 bits per heavy atom. The van der Waals surface area contributed by atoms with Crippen LogP contribution in [0.15, 0.2) is 35.1 Å². The zero-order valence-electron chi connectivity index (χ0n) is 12.5. The number of aliphatic carboxylic acids is 1. The highest BCUT2D eigenvalue weighted by Gasteiger charge is 2.32. The second kappa shape index (κ2) is 6.24. The maximum Gasteiger partial charge on any atom is 0.308 e. The van der Waals surface area contributed by atoms with Crippen molar-refractivity contribution in [1.29, 1.82) is 0 Å². The van der Waals surface area contributed by atoms with Gasteiger partial charge in [0.2, 0.25) is 5.56 Å². The number of pyridine rings is 1. The first-order valence-corrected chi connectivity index (χ1v) is 7.72. The molecule has 2 atom stereocenters. The van der Waals surface area contributed by atoms with Crippen molar-refractivity contribution in [3.8, 4) is 0 Å². The normalized spacial score (nSPS) is 21.0. The molecule has 6 heteroatoms. The molecule has 2 aromatic rings. The fourth-order valence-corrected chi connectivity index (χ4v) is 3.24. The van der Waals surface area contributed by atoms with Crippen LogP contribution < -0.4 is 10.9 Å². The number of carbonyl (C=O) groups excluding carboxylic acids is 1. The number of benzene rings is 1. The summed E-state index contributed by atoms with van der Waals surface area (Å²) in [7, 11) is 0. The molecular weight excluding hydrogens is 296 g/mol. The first-order chi connectivity index (χ1) is 11.1. The number of para-hydroxylation sites is 1. The highest BCUT2D eigenvalue weighted by atomic mass is 16.4. The molecule has 1 amide bonds. The van der Waals surface area contributed by atoms with E-state index in [4.69, 9.17) is 0 Å². The summed E-state index contributed by atoms with van der Waals surface area (Å²) < 4.78 is 0. The summed E-state index contributed by atoms with van der Waals surface area (Å²) in [5.41, 5.74) is 0.509. The summed E-state index contributed by atoms with van der Waals surface area (Å²) in [4.78, 5) is 38.4. The number of aromatic nitrogens is 1. The van der Waals surface area contributed by atoms with Crippen molar-refractivity contribution in [1.82, 2.24) is 10.3 Å². The van der Waals surface area contributed by atoms with E-state index in [2.05, 4.69) is 10.3 Å². The number of hydrogen-bond donors (Lipinski definition) is 3. The van der Waals surface area contributed by atoms with Gasteiger partial charge in [-0.2, -0.15) is 0 Å². The summed E-state index contributed by atoms with van der Waals surface area (Å²) in [6.45, 7) is 0. The number of H-pyrrole nitrogens is 1. The second-order valence-corrected chi connectivity index (χ2v) is 5.90. The number of aromatic amines is 1. The Labute approximate surface area is 132 Å². The minimum absolute atomic E-state index is 0.277. The number of amides is 1. The van der Waals surface area contributed by atoms with Crippen molar-refractivity contribution in [3.63, 3.8) is 0 Å². The number of nitrogens with one attached hydrogen (secondary N) is 2. The predicted octanol–water partition coefficient (Wildman–Crippen LogP) is 1.90. The van der Waals surface area contributed by atoms with Crippen LogP contribution in [-0.4, -0.2) is 28.0 Å². The quantitative estimate of drug-likeness (QED) is 0.805. The molecule has 1 aromatic heterocycles. The molecule has 6 nitrogen and oxygen atoms in total. The van der Waals surface area contributed by atoms with E-state index in [0.29, 0.717) is 23.7 Å². The molecular formula is C17H18N2O4. The van der Waals surface area contributed by atoms with E-state index in [1.54, 1.807) is 24.3 Å². The number of hydrogen-bond acceptors (Lipinski definition) is 3. The van der Waals surface area contributed by atoms with Crippen LogP contribution in [0, 0.1) is 5.92 Å². The number of rotatable bonds is 3. The maximum atomic E-state index is 12.6. The van der Waals surface area contributed by atoms with Gasteiger partial charge in [-0.3, -0.25) is 14.4 Å². The molecule has 0 spiro atoms. The van der Waals surface area contributed by atoms with Gasteiger partial charge in [-0.05, 0) is 18.9 Å². The monoisotopic (exact) mass is 314 g/mol. The lowest BCUT2D eigenvalue weighted by Crippen LogP contribution is -2.45. The van der Waals surface area contributed by atoms with Crippen LogP contribution in [0.2, 0.25) is 0 Å². The van der Waals surface area contributed by atoms with Crippen LogP contribution in [0.3, 0.4) is 0 Å². The van der Waals surface area contributed by atoms with Crippen LogP contribution in [0.4, 0.5) is 0 Å². The highest BCUT2D eigenvalue weighted by molar-refractivity contribution is 6.06. The first kappa shape index (κ1) is 15.3. The smallest absolute Gasteiger partial charge is 0.308 e. The third-order valence-corrected chi connectivity index (χ3v) is 4.39. The molecule has 0 bridgehead atoms. The van der Waals surface area contributed by atoms with Gasteiger partial charge < -0.3 is 15.4 Å². The number of carboxylic acids is 1. The zero-order chi connectivity index (χ0) is 16.4. The van der Waals surface area contributed by atoms with Gasteiger partial charge in [0.15, 0.2) is 0 Å². The fourth-order valence-electron chi connectivity index (χ4n) is 3.24. The topological polar surface area (TPSA) is 99.3 Å². The first-order valence-electron chi connectivity index (χ1n) is 7.72. The van der Waals surface area contributed by atoms with Crippen LogP contribution in [0.5, 0.6) is 0 Å². The van der Waals surface area contributed by atoms with Crippen molar-refractivity contribution >= 4 is 22.8 Å². The fraction of sp³-hybridized carbons (Fsp3) is 0.353. The van der Waals surface area contributed by atoms with Gasteiger partial charge in [-0.1, -0.05) is 31.0 Å². The van der Waals surface area contributed by atoms with Crippen molar-refractivity contribution < 1.29 is 14.7 Å². The lowest BCUT2D eigenvalue weighted by atomic mass is 9.84. The molecule has 3 N–H and O–H groups in total. The van der Waals surface area contributed by atoms with Gasteiger partial charge in [-0.25, -0.2) is 0 Å². The van der Waals surface area contributed by atoms with Crippen LogP contribution in [0.1, 0.15) is 36.0 Å². The summed E-state index contributed by atoms with van der Waals surface area (Å²) in [6, 6.07) is 7.92. The molecule has 120 valence electrons. The Kier molecular flexibility index (Phi) is 4.14. The van der Waals surface area contributed by atoms with Gasteiger partial charge in [0.25, 0.3) is 5.91 Å². The average molecular weight is 314 g/mol.